The van der Waals surface area contributed by atoms with Crippen LogP contribution in [-0.2, 0) is 0 Å². The third kappa shape index (κ3) is 3.87. The molecule has 0 radical (unpaired) electrons. The lowest BCUT2D eigenvalue weighted by Gasteiger charge is -2.18. The van der Waals surface area contributed by atoms with Gasteiger partial charge in [-0.3, -0.25) is 0 Å². The maximum atomic E-state index is 6.14. The third-order valence-electron chi connectivity index (χ3n) is 2.69. The molecule has 1 unspecified atom stereocenters. The van der Waals surface area contributed by atoms with Gasteiger partial charge in [-0.1, -0.05) is 25.4 Å². The van der Waals surface area contributed by atoms with E-state index in [-0.39, 0.29) is 6.04 Å². The topological polar surface area (TPSA) is 47.3 Å². The second kappa shape index (κ2) is 6.24. The van der Waals surface area contributed by atoms with E-state index in [1.807, 2.05) is 19.1 Å². The average Bonchev–Trinajstić information content (AvgIpc) is 2.28. The molecular weight excluding hydrogens is 236 g/mol. The highest BCUT2D eigenvalue weighted by Gasteiger charge is 2.12. The van der Waals surface area contributed by atoms with Crippen LogP contribution >= 0.6 is 11.6 Å². The highest BCUT2D eigenvalue weighted by molar-refractivity contribution is 6.32. The van der Waals surface area contributed by atoms with E-state index in [9.17, 15) is 0 Å². The van der Waals surface area contributed by atoms with Gasteiger partial charge in [0, 0.05) is 18.6 Å². The fraction of sp³-hybridized carbons (Fsp3) is 0.538. The highest BCUT2D eigenvalue weighted by atomic mass is 35.5. The molecule has 0 aliphatic carbocycles. The Morgan fingerprint density at radius 2 is 2.06 bits per heavy atom. The van der Waals surface area contributed by atoms with Gasteiger partial charge in [0.05, 0.1) is 12.1 Å². The Labute approximate surface area is 108 Å². The number of benzene rings is 1. The van der Waals surface area contributed by atoms with Crippen LogP contribution in [0.5, 0.6) is 5.75 Å². The molecule has 4 heteroatoms. The van der Waals surface area contributed by atoms with Crippen molar-refractivity contribution in [3.63, 3.8) is 0 Å². The molecule has 17 heavy (non-hydrogen) atoms. The maximum absolute atomic E-state index is 6.14. The van der Waals surface area contributed by atoms with Gasteiger partial charge < -0.3 is 15.8 Å². The van der Waals surface area contributed by atoms with Gasteiger partial charge in [-0.25, -0.2) is 0 Å². The minimum atomic E-state index is -0.0548. The van der Waals surface area contributed by atoms with Crippen molar-refractivity contribution in [1.82, 2.24) is 5.32 Å². The van der Waals surface area contributed by atoms with Crippen LogP contribution in [0, 0.1) is 6.92 Å². The molecule has 0 spiro atoms. The lowest BCUT2D eigenvalue weighted by Crippen LogP contribution is -2.32. The lowest BCUT2D eigenvalue weighted by molar-refractivity contribution is 0.414. The van der Waals surface area contributed by atoms with Crippen molar-refractivity contribution in [2.45, 2.75) is 32.9 Å². The van der Waals surface area contributed by atoms with E-state index >= 15 is 0 Å². The zero-order chi connectivity index (χ0) is 13.0. The summed E-state index contributed by atoms with van der Waals surface area (Å²) in [6, 6.07) is 4.19. The van der Waals surface area contributed by atoms with Crippen molar-refractivity contribution in [1.29, 1.82) is 0 Å². The predicted octanol–water partition coefficient (Wildman–Crippen LogP) is 2.65. The number of nitrogens with two attached hydrogens (primary N) is 1. The average molecular weight is 257 g/mol. The smallest absolute Gasteiger partial charge is 0.137 e. The number of hydrogen-bond donors (Lipinski definition) is 2. The van der Waals surface area contributed by atoms with Gasteiger partial charge in [-0.05, 0) is 30.2 Å². The van der Waals surface area contributed by atoms with Crippen molar-refractivity contribution >= 4 is 11.6 Å². The Morgan fingerprint density at radius 3 is 2.59 bits per heavy atom. The molecule has 3 nitrogen and oxygen atoms in total. The van der Waals surface area contributed by atoms with Gasteiger partial charge in [0.15, 0.2) is 0 Å². The summed E-state index contributed by atoms with van der Waals surface area (Å²) in [5.74, 6) is 0.692. The quantitative estimate of drug-likeness (QED) is 0.852. The minimum absolute atomic E-state index is 0.0548. The lowest BCUT2D eigenvalue weighted by atomic mass is 10.0. The highest BCUT2D eigenvalue weighted by Crippen LogP contribution is 2.29. The minimum Gasteiger partial charge on any atom is -0.495 e. The number of hydrogen-bond acceptors (Lipinski definition) is 3. The first-order chi connectivity index (χ1) is 7.95. The molecule has 1 rings (SSSR count). The molecule has 0 aromatic heterocycles. The Balaban J connectivity index is 2.86. The molecule has 0 aliphatic rings. The van der Waals surface area contributed by atoms with Gasteiger partial charge in [0.1, 0.15) is 5.75 Å². The summed E-state index contributed by atoms with van der Waals surface area (Å²) in [6.07, 6.45) is 0. The first-order valence-electron chi connectivity index (χ1n) is 5.78. The zero-order valence-corrected chi connectivity index (χ0v) is 11.6. The summed E-state index contributed by atoms with van der Waals surface area (Å²) < 4.78 is 5.17. The molecule has 1 aromatic rings. The summed E-state index contributed by atoms with van der Waals surface area (Å²) in [6.45, 7) is 6.95. The van der Waals surface area contributed by atoms with Gasteiger partial charge >= 0.3 is 0 Å². The second-order valence-electron chi connectivity index (χ2n) is 4.51. The summed E-state index contributed by atoms with van der Waals surface area (Å²) in [7, 11) is 1.61. The van der Waals surface area contributed by atoms with E-state index in [1.54, 1.807) is 7.11 Å². The monoisotopic (exact) mass is 256 g/mol. The summed E-state index contributed by atoms with van der Waals surface area (Å²) >= 11 is 6.11. The Morgan fingerprint density at radius 1 is 1.41 bits per heavy atom. The van der Waals surface area contributed by atoms with Crippen LogP contribution in [-0.4, -0.2) is 19.7 Å². The van der Waals surface area contributed by atoms with Crippen molar-refractivity contribution in [3.8, 4) is 5.75 Å². The first-order valence-corrected chi connectivity index (χ1v) is 6.16. The first kappa shape index (κ1) is 14.3. The van der Waals surface area contributed by atoms with Crippen LogP contribution < -0.4 is 15.8 Å². The molecule has 0 amide bonds. The van der Waals surface area contributed by atoms with Crippen LogP contribution in [0.2, 0.25) is 5.02 Å². The van der Waals surface area contributed by atoms with Gasteiger partial charge in [-0.15, -0.1) is 0 Å². The van der Waals surface area contributed by atoms with E-state index in [2.05, 4.69) is 19.2 Å². The molecule has 3 N–H and O–H groups in total. The number of nitrogens with one attached hydrogen (secondary N) is 1. The van der Waals surface area contributed by atoms with Crippen LogP contribution in [0.4, 0.5) is 0 Å². The molecule has 1 atom stereocenters. The molecule has 96 valence electrons. The molecule has 0 saturated carbocycles. The van der Waals surface area contributed by atoms with Crippen LogP contribution in [0.15, 0.2) is 12.1 Å². The van der Waals surface area contributed by atoms with E-state index in [4.69, 9.17) is 22.1 Å². The number of aryl methyl sites for hydroxylation is 1. The zero-order valence-electron chi connectivity index (χ0n) is 10.9. The largest absolute Gasteiger partial charge is 0.495 e. The van der Waals surface area contributed by atoms with Crippen molar-refractivity contribution in [2.75, 3.05) is 13.7 Å². The summed E-state index contributed by atoms with van der Waals surface area (Å²) in [5, 5.41) is 3.92. The van der Waals surface area contributed by atoms with E-state index in [0.717, 1.165) is 17.7 Å². The fourth-order valence-electron chi connectivity index (χ4n) is 1.70. The second-order valence-corrected chi connectivity index (χ2v) is 4.92. The Hall–Kier alpha value is -0.770. The maximum Gasteiger partial charge on any atom is 0.137 e. The molecule has 1 aromatic carbocycles. The van der Waals surface area contributed by atoms with E-state index in [0.29, 0.717) is 16.8 Å². The number of ether oxygens (including phenoxy) is 1. The molecule has 0 saturated heterocycles. The third-order valence-corrected chi connectivity index (χ3v) is 2.98. The number of halogens is 1. The van der Waals surface area contributed by atoms with E-state index < -0.39 is 0 Å². The van der Waals surface area contributed by atoms with Crippen LogP contribution in [0.25, 0.3) is 0 Å². The molecule has 0 fully saturated rings. The SMILES string of the molecule is COc1cc(C)c(C(N)CNC(C)C)cc1Cl. The molecular formula is C13H21ClN2O. The standard InChI is InChI=1S/C13H21ClN2O/c1-8(2)16-7-12(15)10-6-11(14)13(17-4)5-9(10)3/h5-6,8,12,16H,7,15H2,1-4H3. The number of methoxy groups -OCH3 is 1. The molecule has 0 aliphatic heterocycles. The summed E-state index contributed by atoms with van der Waals surface area (Å²) in [5.41, 5.74) is 8.30. The summed E-state index contributed by atoms with van der Waals surface area (Å²) in [4.78, 5) is 0. The van der Waals surface area contributed by atoms with Crippen molar-refractivity contribution < 1.29 is 4.74 Å². The van der Waals surface area contributed by atoms with Gasteiger partial charge in [-0.2, -0.15) is 0 Å². The Kier molecular flexibility index (Phi) is 5.25. The van der Waals surface area contributed by atoms with Crippen molar-refractivity contribution in [2.24, 2.45) is 5.73 Å². The molecule has 0 heterocycles. The van der Waals surface area contributed by atoms with Crippen LogP contribution in [0.1, 0.15) is 31.0 Å². The predicted molar refractivity (Wildman–Crippen MR) is 72.8 cm³/mol. The van der Waals surface area contributed by atoms with Crippen molar-refractivity contribution in [3.05, 3.63) is 28.3 Å². The van der Waals surface area contributed by atoms with Gasteiger partial charge in [0.25, 0.3) is 0 Å². The normalized spacial score (nSPS) is 12.9. The van der Waals surface area contributed by atoms with Gasteiger partial charge in [0.2, 0.25) is 0 Å². The fourth-order valence-corrected chi connectivity index (χ4v) is 1.95. The number of rotatable bonds is 5. The Bertz CT molecular complexity index is 380. The molecule has 0 bridgehead atoms. The van der Waals surface area contributed by atoms with E-state index in [1.165, 1.54) is 0 Å². The van der Waals surface area contributed by atoms with Crippen LogP contribution in [0.3, 0.4) is 0 Å².